The van der Waals surface area contributed by atoms with Gasteiger partial charge in [-0.1, -0.05) is 0 Å². The number of ketones is 1. The summed E-state index contributed by atoms with van der Waals surface area (Å²) in [7, 11) is 0. The number of Topliss-reactive ketones (excluding diaryl/α,β-unsaturated/α-hetero) is 1. The molecule has 2 heterocycles. The second-order valence-electron chi connectivity index (χ2n) is 3.39. The van der Waals surface area contributed by atoms with Gasteiger partial charge in [0.1, 0.15) is 6.26 Å². The van der Waals surface area contributed by atoms with Crippen LogP contribution in [-0.4, -0.2) is 19.0 Å². The van der Waals surface area contributed by atoms with Gasteiger partial charge in [-0.05, 0) is 28.8 Å². The van der Waals surface area contributed by atoms with E-state index in [1.807, 2.05) is 0 Å². The molecule has 0 unspecified atom stereocenters. The Morgan fingerprint density at radius 3 is 2.71 bits per heavy atom. The van der Waals surface area contributed by atoms with Crippen molar-refractivity contribution < 1.29 is 13.9 Å². The quantitative estimate of drug-likeness (QED) is 0.766. The Balaban J connectivity index is 2.07. The maximum absolute atomic E-state index is 11.9. The zero-order valence-electron chi connectivity index (χ0n) is 7.66. The molecule has 76 valence electrons. The zero-order chi connectivity index (χ0) is 9.97. The Morgan fingerprint density at radius 2 is 2.14 bits per heavy atom. The van der Waals surface area contributed by atoms with E-state index in [-0.39, 0.29) is 11.7 Å². The Hall–Kier alpha value is -0.610. The van der Waals surface area contributed by atoms with Crippen molar-refractivity contribution in [2.24, 2.45) is 5.92 Å². The van der Waals surface area contributed by atoms with Crippen LogP contribution in [0.4, 0.5) is 0 Å². The van der Waals surface area contributed by atoms with Crippen LogP contribution in [0.2, 0.25) is 0 Å². The summed E-state index contributed by atoms with van der Waals surface area (Å²) in [6.45, 7) is 1.38. The molecule has 1 aliphatic heterocycles. The summed E-state index contributed by atoms with van der Waals surface area (Å²) in [4.78, 5) is 11.9. The van der Waals surface area contributed by atoms with Gasteiger partial charge in [-0.15, -0.1) is 0 Å². The van der Waals surface area contributed by atoms with Gasteiger partial charge in [0.15, 0.2) is 10.5 Å². The van der Waals surface area contributed by atoms with Gasteiger partial charge < -0.3 is 9.15 Å². The lowest BCUT2D eigenvalue weighted by Crippen LogP contribution is -2.23. The molecule has 1 saturated heterocycles. The molecule has 0 saturated carbocycles. The van der Waals surface area contributed by atoms with Gasteiger partial charge in [0.25, 0.3) is 0 Å². The van der Waals surface area contributed by atoms with E-state index in [0.29, 0.717) is 23.4 Å². The van der Waals surface area contributed by atoms with Crippen LogP contribution in [-0.2, 0) is 4.74 Å². The Labute approximate surface area is 90.6 Å². The van der Waals surface area contributed by atoms with Crippen molar-refractivity contribution in [2.45, 2.75) is 12.8 Å². The smallest absolute Gasteiger partial charge is 0.169 e. The van der Waals surface area contributed by atoms with Gasteiger partial charge in [-0.2, -0.15) is 0 Å². The Morgan fingerprint density at radius 1 is 1.43 bits per heavy atom. The van der Waals surface area contributed by atoms with Gasteiger partial charge in [0.2, 0.25) is 0 Å². The highest BCUT2D eigenvalue weighted by molar-refractivity contribution is 9.10. The fourth-order valence-electron chi connectivity index (χ4n) is 1.63. The van der Waals surface area contributed by atoms with Gasteiger partial charge in [0, 0.05) is 25.2 Å². The maximum atomic E-state index is 11.9. The van der Waals surface area contributed by atoms with Crippen molar-refractivity contribution in [3.63, 3.8) is 0 Å². The van der Waals surface area contributed by atoms with Crippen molar-refractivity contribution >= 4 is 21.7 Å². The number of carbonyl (C=O) groups excluding carboxylic acids is 1. The summed E-state index contributed by atoms with van der Waals surface area (Å²) < 4.78 is 10.9. The van der Waals surface area contributed by atoms with Crippen LogP contribution in [0.25, 0.3) is 0 Å². The van der Waals surface area contributed by atoms with Crippen LogP contribution < -0.4 is 0 Å². The predicted octanol–water partition coefficient (Wildman–Crippen LogP) is 2.65. The third kappa shape index (κ3) is 2.07. The average molecular weight is 259 g/mol. The molecule has 0 spiro atoms. The molecule has 1 aromatic rings. The number of carbonyl (C=O) groups is 1. The van der Waals surface area contributed by atoms with Crippen LogP contribution in [0.15, 0.2) is 21.4 Å². The normalized spacial score (nSPS) is 18.4. The van der Waals surface area contributed by atoms with Crippen molar-refractivity contribution in [2.75, 3.05) is 13.2 Å². The first-order chi connectivity index (χ1) is 6.77. The molecule has 0 atom stereocenters. The molecule has 14 heavy (non-hydrogen) atoms. The third-order valence-corrected chi connectivity index (χ3v) is 2.86. The molecular weight excluding hydrogens is 248 g/mol. The fraction of sp³-hybridized carbons (Fsp3) is 0.500. The first-order valence-corrected chi connectivity index (χ1v) is 5.42. The SMILES string of the molecule is O=C(c1coc(Br)c1)C1CCOCC1. The first kappa shape index (κ1) is 9.93. The van der Waals surface area contributed by atoms with E-state index in [1.165, 1.54) is 6.26 Å². The highest BCUT2D eigenvalue weighted by Gasteiger charge is 2.23. The monoisotopic (exact) mass is 258 g/mol. The summed E-state index contributed by atoms with van der Waals surface area (Å²) in [5.41, 5.74) is 0.656. The van der Waals surface area contributed by atoms with E-state index in [2.05, 4.69) is 15.9 Å². The fourth-order valence-corrected chi connectivity index (χ4v) is 1.97. The average Bonchev–Trinajstić information content (AvgIpc) is 2.65. The van der Waals surface area contributed by atoms with Gasteiger partial charge in [-0.3, -0.25) is 4.79 Å². The molecule has 0 aromatic carbocycles. The topological polar surface area (TPSA) is 39.4 Å². The Bertz CT molecular complexity index is 326. The van der Waals surface area contributed by atoms with Crippen molar-refractivity contribution in [3.05, 3.63) is 22.6 Å². The van der Waals surface area contributed by atoms with Crippen LogP contribution in [0, 0.1) is 5.92 Å². The van der Waals surface area contributed by atoms with Crippen LogP contribution in [0.5, 0.6) is 0 Å². The molecule has 0 radical (unpaired) electrons. The molecule has 1 aliphatic rings. The highest BCUT2D eigenvalue weighted by Crippen LogP contribution is 2.22. The number of rotatable bonds is 2. The molecule has 0 bridgehead atoms. The van der Waals surface area contributed by atoms with Crippen LogP contribution >= 0.6 is 15.9 Å². The minimum Gasteiger partial charge on any atom is -0.457 e. The number of hydrogen-bond donors (Lipinski definition) is 0. The maximum Gasteiger partial charge on any atom is 0.169 e. The minimum absolute atomic E-state index is 0.105. The molecule has 4 heteroatoms. The second kappa shape index (κ2) is 4.28. The van der Waals surface area contributed by atoms with Gasteiger partial charge in [0.05, 0.1) is 5.56 Å². The standard InChI is InChI=1S/C10H11BrO3/c11-9-5-8(6-14-9)10(12)7-1-3-13-4-2-7/h5-7H,1-4H2. The lowest BCUT2D eigenvalue weighted by Gasteiger charge is -2.19. The molecule has 0 amide bonds. The van der Waals surface area contributed by atoms with E-state index in [4.69, 9.17) is 9.15 Å². The first-order valence-electron chi connectivity index (χ1n) is 4.63. The summed E-state index contributed by atoms with van der Waals surface area (Å²) in [5.74, 6) is 0.274. The lowest BCUT2D eigenvalue weighted by molar-refractivity contribution is 0.0544. The molecule has 1 fully saturated rings. The van der Waals surface area contributed by atoms with E-state index in [9.17, 15) is 4.79 Å². The predicted molar refractivity (Wildman–Crippen MR) is 54.3 cm³/mol. The zero-order valence-corrected chi connectivity index (χ0v) is 9.25. The third-order valence-electron chi connectivity index (χ3n) is 2.44. The van der Waals surface area contributed by atoms with Gasteiger partial charge in [-0.25, -0.2) is 0 Å². The molecule has 1 aromatic heterocycles. The van der Waals surface area contributed by atoms with E-state index >= 15 is 0 Å². The van der Waals surface area contributed by atoms with E-state index in [1.54, 1.807) is 6.07 Å². The van der Waals surface area contributed by atoms with Crippen LogP contribution in [0.1, 0.15) is 23.2 Å². The van der Waals surface area contributed by atoms with Crippen molar-refractivity contribution in [3.8, 4) is 0 Å². The van der Waals surface area contributed by atoms with Crippen molar-refractivity contribution in [1.82, 2.24) is 0 Å². The molecule has 3 nitrogen and oxygen atoms in total. The minimum atomic E-state index is 0.105. The van der Waals surface area contributed by atoms with Crippen LogP contribution in [0.3, 0.4) is 0 Å². The number of ether oxygens (including phenoxy) is 1. The molecule has 2 rings (SSSR count). The molecule has 0 aliphatic carbocycles. The summed E-state index contributed by atoms with van der Waals surface area (Å²) in [6, 6.07) is 1.72. The molecule has 0 N–H and O–H groups in total. The van der Waals surface area contributed by atoms with E-state index in [0.717, 1.165) is 12.8 Å². The lowest BCUT2D eigenvalue weighted by atomic mass is 9.92. The highest BCUT2D eigenvalue weighted by atomic mass is 79.9. The van der Waals surface area contributed by atoms with Crippen molar-refractivity contribution in [1.29, 1.82) is 0 Å². The Kier molecular flexibility index (Phi) is 3.03. The number of furan rings is 1. The molecular formula is C10H11BrO3. The van der Waals surface area contributed by atoms with E-state index < -0.39 is 0 Å². The summed E-state index contributed by atoms with van der Waals surface area (Å²) in [5, 5.41) is 0. The van der Waals surface area contributed by atoms with Gasteiger partial charge >= 0.3 is 0 Å². The summed E-state index contributed by atoms with van der Waals surface area (Å²) >= 11 is 3.18. The second-order valence-corrected chi connectivity index (χ2v) is 4.17. The number of halogens is 1. The largest absolute Gasteiger partial charge is 0.457 e. The summed E-state index contributed by atoms with van der Waals surface area (Å²) in [6.07, 6.45) is 3.14. The number of hydrogen-bond acceptors (Lipinski definition) is 3.